The van der Waals surface area contributed by atoms with Crippen LogP contribution in [0.5, 0.6) is 0 Å². The van der Waals surface area contributed by atoms with Gasteiger partial charge in [-0.15, -0.1) is 24.8 Å². The Labute approximate surface area is 99.1 Å². The van der Waals surface area contributed by atoms with Crippen molar-refractivity contribution >= 4 is 47.5 Å². The van der Waals surface area contributed by atoms with Crippen LogP contribution in [0.2, 0.25) is 0 Å². The molecule has 0 radical (unpaired) electrons. The van der Waals surface area contributed by atoms with E-state index in [-0.39, 0.29) is 30.6 Å². The molecule has 0 heterocycles. The van der Waals surface area contributed by atoms with Gasteiger partial charge in [0.05, 0.1) is 0 Å². The summed E-state index contributed by atoms with van der Waals surface area (Å²) < 4.78 is 0. The van der Waals surface area contributed by atoms with Crippen LogP contribution >= 0.6 is 24.8 Å². The Kier molecular flexibility index (Phi) is 8.54. The summed E-state index contributed by atoms with van der Waals surface area (Å²) in [5, 5.41) is 8.23. The number of nitrogens with one attached hydrogen (secondary N) is 1. The third-order valence-electron chi connectivity index (χ3n) is 1.50. The summed E-state index contributed by atoms with van der Waals surface area (Å²) in [5.74, 6) is 0.137. The van der Waals surface area contributed by atoms with Crippen molar-refractivity contribution in [2.75, 3.05) is 0 Å². The predicted molar refractivity (Wildman–Crippen MR) is 64.2 cm³/mol. The molecule has 5 heteroatoms. The number of nitrogens with two attached hydrogens (primary N) is 1. The van der Waals surface area contributed by atoms with Gasteiger partial charge in [-0.25, -0.2) is 0 Å². The van der Waals surface area contributed by atoms with Crippen LogP contribution in [-0.4, -0.2) is 22.7 Å². The van der Waals surface area contributed by atoms with Gasteiger partial charge in [-0.1, -0.05) is 0 Å². The summed E-state index contributed by atoms with van der Waals surface area (Å²) in [6.07, 6.45) is 0. The van der Waals surface area contributed by atoms with Crippen LogP contribution in [0.3, 0.4) is 0 Å². The molecular formula is C8H13AsCl2N2. The third-order valence-corrected chi connectivity index (χ3v) is 2.49. The first kappa shape index (κ1) is 15.3. The summed E-state index contributed by atoms with van der Waals surface area (Å²) in [7, 11) is 0. The third kappa shape index (κ3) is 4.56. The van der Waals surface area contributed by atoms with Crippen molar-refractivity contribution in [3.05, 3.63) is 35.4 Å². The molecule has 0 aliphatic carbocycles. The Morgan fingerprint density at radius 3 is 2.00 bits per heavy atom. The van der Waals surface area contributed by atoms with Crippen molar-refractivity contribution in [3.63, 3.8) is 0 Å². The number of hydrogen-bond acceptors (Lipinski definition) is 1. The van der Waals surface area contributed by atoms with Gasteiger partial charge in [0.25, 0.3) is 0 Å². The van der Waals surface area contributed by atoms with Crippen molar-refractivity contribution in [1.29, 1.82) is 5.41 Å². The molecule has 0 saturated carbocycles. The van der Waals surface area contributed by atoms with Gasteiger partial charge in [-0.05, 0) is 0 Å². The number of halogens is 2. The van der Waals surface area contributed by atoms with E-state index < -0.39 is 0 Å². The quantitative estimate of drug-likeness (QED) is 0.474. The van der Waals surface area contributed by atoms with Crippen LogP contribution in [0.1, 0.15) is 11.1 Å². The van der Waals surface area contributed by atoms with Gasteiger partial charge in [0.15, 0.2) is 0 Å². The van der Waals surface area contributed by atoms with Crippen LogP contribution in [0.4, 0.5) is 0 Å². The molecule has 1 atom stereocenters. The van der Waals surface area contributed by atoms with E-state index in [0.717, 1.165) is 10.8 Å². The number of nitrogen functional groups attached to an aromatic ring is 1. The van der Waals surface area contributed by atoms with Crippen molar-refractivity contribution < 1.29 is 0 Å². The van der Waals surface area contributed by atoms with Crippen molar-refractivity contribution in [2.45, 2.75) is 5.21 Å². The van der Waals surface area contributed by atoms with Gasteiger partial charge in [-0.3, -0.25) is 0 Å². The summed E-state index contributed by atoms with van der Waals surface area (Å²) in [6, 6.07) is 7.80. The van der Waals surface area contributed by atoms with Crippen LogP contribution in [-0.2, 0) is 5.21 Å². The first-order valence-corrected chi connectivity index (χ1v) is 5.08. The monoisotopic (exact) mass is 282 g/mol. The SMILES string of the molecule is Cl.Cl.N=C(N)c1ccc(C[AsH2])cc1. The molecule has 0 amide bonds. The summed E-state index contributed by atoms with van der Waals surface area (Å²) in [5.41, 5.74) is 7.39. The molecule has 1 aromatic carbocycles. The van der Waals surface area contributed by atoms with Gasteiger partial charge in [0, 0.05) is 0 Å². The molecule has 0 aliphatic heterocycles. The molecule has 74 valence electrons. The van der Waals surface area contributed by atoms with E-state index in [2.05, 4.69) is 0 Å². The molecule has 3 N–H and O–H groups in total. The fourth-order valence-electron chi connectivity index (χ4n) is 0.820. The molecule has 0 spiro atoms. The van der Waals surface area contributed by atoms with Gasteiger partial charge < -0.3 is 0 Å². The average Bonchev–Trinajstić information content (AvgIpc) is 2.05. The molecule has 0 bridgehead atoms. The molecule has 0 fully saturated rings. The Bertz CT molecular complexity index is 261. The minimum atomic E-state index is 0. The van der Waals surface area contributed by atoms with Gasteiger partial charge >= 0.3 is 74.4 Å². The van der Waals surface area contributed by atoms with E-state index in [1.54, 1.807) is 16.9 Å². The van der Waals surface area contributed by atoms with Crippen molar-refractivity contribution in [1.82, 2.24) is 0 Å². The summed E-state index contributed by atoms with van der Waals surface area (Å²) in [6.45, 7) is 0. The predicted octanol–water partition coefficient (Wildman–Crippen LogP) is 0.947. The Morgan fingerprint density at radius 2 is 1.69 bits per heavy atom. The molecular weight excluding hydrogens is 270 g/mol. The molecule has 13 heavy (non-hydrogen) atoms. The average molecular weight is 283 g/mol. The van der Waals surface area contributed by atoms with E-state index in [4.69, 9.17) is 11.1 Å². The normalized spacial score (nSPS) is 8.08. The zero-order valence-electron chi connectivity index (χ0n) is 6.99. The van der Waals surface area contributed by atoms with Gasteiger partial charge in [0.2, 0.25) is 0 Å². The molecule has 0 aromatic heterocycles. The maximum atomic E-state index is 7.14. The Balaban J connectivity index is 0. The molecule has 1 rings (SSSR count). The molecule has 0 saturated heterocycles. The minimum absolute atomic E-state index is 0. The van der Waals surface area contributed by atoms with E-state index >= 15 is 0 Å². The second kappa shape index (κ2) is 7.25. The zero-order chi connectivity index (χ0) is 8.27. The fraction of sp³-hybridized carbons (Fsp3) is 0.125. The number of hydrogen-bond donors (Lipinski definition) is 2. The standard InChI is InChI=1S/C8H11AsN2.2ClH/c9-5-6-1-3-7(4-2-6)8(10)11;;/h1-4H,5,9H2,(H3,10,11);2*1H. The fourth-order valence-corrected chi connectivity index (χ4v) is 1.39. The molecule has 2 nitrogen and oxygen atoms in total. The van der Waals surface area contributed by atoms with Crippen LogP contribution in [0.15, 0.2) is 24.3 Å². The van der Waals surface area contributed by atoms with E-state index in [9.17, 15) is 0 Å². The molecule has 0 aliphatic rings. The number of amidine groups is 1. The van der Waals surface area contributed by atoms with Gasteiger partial charge in [-0.2, -0.15) is 0 Å². The number of benzene rings is 1. The van der Waals surface area contributed by atoms with Crippen LogP contribution in [0.25, 0.3) is 0 Å². The maximum absolute atomic E-state index is 7.14. The van der Waals surface area contributed by atoms with Crippen LogP contribution in [0, 0.1) is 5.41 Å². The van der Waals surface area contributed by atoms with E-state index in [0.29, 0.717) is 0 Å². The zero-order valence-corrected chi connectivity index (χ0v) is 11.0. The molecule has 1 aromatic rings. The topological polar surface area (TPSA) is 49.9 Å². The second-order valence-electron chi connectivity index (χ2n) is 2.31. The summed E-state index contributed by atoms with van der Waals surface area (Å²) in [4.78, 5) is 0. The number of rotatable bonds is 2. The summed E-state index contributed by atoms with van der Waals surface area (Å²) >= 11 is 1.69. The second-order valence-corrected chi connectivity index (χ2v) is 3.17. The Morgan fingerprint density at radius 1 is 1.23 bits per heavy atom. The van der Waals surface area contributed by atoms with E-state index in [1.165, 1.54) is 5.56 Å². The van der Waals surface area contributed by atoms with Crippen molar-refractivity contribution in [3.8, 4) is 0 Å². The van der Waals surface area contributed by atoms with E-state index in [1.807, 2.05) is 24.3 Å². The van der Waals surface area contributed by atoms with Crippen LogP contribution < -0.4 is 5.73 Å². The van der Waals surface area contributed by atoms with Gasteiger partial charge in [0.1, 0.15) is 0 Å². The first-order valence-electron chi connectivity index (χ1n) is 3.37. The van der Waals surface area contributed by atoms with Crippen molar-refractivity contribution in [2.24, 2.45) is 5.73 Å². The Hall–Kier alpha value is -0.172. The first-order chi connectivity index (χ1) is 5.24. The molecule has 1 unspecified atom stereocenters.